The predicted molar refractivity (Wildman–Crippen MR) is 191 cm³/mol. The van der Waals surface area contributed by atoms with Crippen LogP contribution in [0.4, 0.5) is 17.6 Å². The Balaban J connectivity index is 1.09. The van der Waals surface area contributed by atoms with Gasteiger partial charge in [-0.05, 0) is 62.1 Å². The smallest absolute Gasteiger partial charge is 0.237 e. The first-order valence-corrected chi connectivity index (χ1v) is 19.2. The first kappa shape index (κ1) is 31.2. The predicted octanol–water partition coefficient (Wildman–Crippen LogP) is 10.6. The monoisotopic (exact) mass is 758 g/mol. The number of carbonyl (C=O) groups is 4. The van der Waals surface area contributed by atoms with E-state index in [-0.39, 0.29) is 22.3 Å². The molecule has 0 unspecified atom stereocenters. The van der Waals surface area contributed by atoms with Crippen molar-refractivity contribution >= 4 is 111 Å². The first-order chi connectivity index (χ1) is 24.5. The Hall–Kier alpha value is -4.56. The number of Topliss-reactive ketones (excluding diaryl/α,β-unsaturated/α-hetero) is 4. The summed E-state index contributed by atoms with van der Waals surface area (Å²) < 4.78 is 68.0. The number of halogens is 4. The minimum atomic E-state index is -1.06. The van der Waals surface area contributed by atoms with Gasteiger partial charge >= 0.3 is 0 Å². The molecule has 0 atom stereocenters. The van der Waals surface area contributed by atoms with E-state index in [1.807, 2.05) is 12.1 Å². The first-order valence-electron chi connectivity index (χ1n) is 15.9. The molecule has 252 valence electrons. The average Bonchev–Trinajstić information content (AvgIpc) is 3.90. The Kier molecular flexibility index (Phi) is 6.57. The Bertz CT molecular complexity index is 2730. The zero-order valence-electron chi connectivity index (χ0n) is 25.8. The molecule has 13 heteroatoms. The topological polar surface area (TPSA) is 77.5 Å². The highest BCUT2D eigenvalue weighted by Crippen LogP contribution is 2.62. The zero-order chi connectivity index (χ0) is 35.1. The lowest BCUT2D eigenvalue weighted by molar-refractivity contribution is -0.110. The van der Waals surface area contributed by atoms with Crippen LogP contribution in [0.3, 0.4) is 0 Å². The lowest BCUT2D eigenvalue weighted by Gasteiger charge is -2.40. The van der Waals surface area contributed by atoms with Gasteiger partial charge in [-0.25, -0.2) is 17.6 Å². The summed E-state index contributed by atoms with van der Waals surface area (Å²) in [5.41, 5.74) is -0.524. The van der Waals surface area contributed by atoms with Gasteiger partial charge in [0.05, 0.1) is 35.0 Å². The second-order valence-corrected chi connectivity index (χ2v) is 17.2. The van der Waals surface area contributed by atoms with E-state index < -0.39 is 63.1 Å². The van der Waals surface area contributed by atoms with Crippen molar-refractivity contribution in [2.24, 2.45) is 0 Å². The molecular formula is C38H18F4O5S4. The molecule has 3 aliphatic carbocycles. The maximum atomic E-state index is 14.5. The summed E-state index contributed by atoms with van der Waals surface area (Å²) in [6.07, 6.45) is 7.59. The van der Waals surface area contributed by atoms with Crippen molar-refractivity contribution in [3.8, 4) is 15.5 Å². The summed E-state index contributed by atoms with van der Waals surface area (Å²) in [6, 6.07) is 7.06. The van der Waals surface area contributed by atoms with Gasteiger partial charge < -0.3 is 4.74 Å². The van der Waals surface area contributed by atoms with E-state index in [0.29, 0.717) is 21.9 Å². The second-order valence-electron chi connectivity index (χ2n) is 13.0. The van der Waals surface area contributed by atoms with Gasteiger partial charge in [0.1, 0.15) is 28.9 Å². The summed E-state index contributed by atoms with van der Waals surface area (Å²) >= 11 is 5.98. The van der Waals surface area contributed by atoms with Gasteiger partial charge in [0.2, 0.25) is 23.1 Å². The van der Waals surface area contributed by atoms with Crippen molar-refractivity contribution in [3.05, 3.63) is 97.2 Å². The molecule has 2 aromatic carbocycles. The molecule has 4 aliphatic rings. The number of rotatable bonds is 2. The van der Waals surface area contributed by atoms with Crippen LogP contribution in [-0.4, -0.2) is 23.1 Å². The van der Waals surface area contributed by atoms with Crippen LogP contribution in [0.15, 0.2) is 36.4 Å². The number of allylic oxidation sites excluding steroid dienone is 2. The minimum Gasteiger partial charge on any atom is -0.479 e. The van der Waals surface area contributed by atoms with Gasteiger partial charge in [-0.3, -0.25) is 19.2 Å². The largest absolute Gasteiger partial charge is 0.479 e. The number of benzene rings is 2. The van der Waals surface area contributed by atoms with E-state index in [4.69, 9.17) is 4.74 Å². The molecule has 10 rings (SSSR count). The number of carbonyl (C=O) groups excluding carboxylic acids is 4. The normalized spacial score (nSPS) is 19.1. The van der Waals surface area contributed by atoms with E-state index in [1.165, 1.54) is 40.1 Å². The third-order valence-electron chi connectivity index (χ3n) is 9.96. The van der Waals surface area contributed by atoms with Gasteiger partial charge in [0.25, 0.3) is 0 Å². The Morgan fingerprint density at radius 3 is 1.67 bits per heavy atom. The molecule has 0 N–H and O–H groups in total. The quantitative estimate of drug-likeness (QED) is 0.0998. The zero-order valence-corrected chi connectivity index (χ0v) is 29.1. The van der Waals surface area contributed by atoms with Crippen LogP contribution >= 0.6 is 45.3 Å². The van der Waals surface area contributed by atoms with Crippen LogP contribution in [0.5, 0.6) is 5.75 Å². The Labute approximate surface area is 301 Å². The maximum Gasteiger partial charge on any atom is 0.237 e. The highest BCUT2D eigenvalue weighted by molar-refractivity contribution is 7.35. The fourth-order valence-corrected chi connectivity index (χ4v) is 13.1. The van der Waals surface area contributed by atoms with Crippen molar-refractivity contribution in [2.45, 2.75) is 37.7 Å². The number of hydrogen-bond donors (Lipinski definition) is 0. The second kappa shape index (κ2) is 10.7. The van der Waals surface area contributed by atoms with Crippen LogP contribution in [0.2, 0.25) is 0 Å². The van der Waals surface area contributed by atoms with Gasteiger partial charge in [-0.15, -0.1) is 45.3 Å². The van der Waals surface area contributed by atoms with Crippen LogP contribution in [0, 0.1) is 23.3 Å². The summed E-state index contributed by atoms with van der Waals surface area (Å²) in [5.74, 6) is -6.84. The van der Waals surface area contributed by atoms with E-state index >= 15 is 0 Å². The van der Waals surface area contributed by atoms with Crippen LogP contribution in [0.25, 0.3) is 51.9 Å². The van der Waals surface area contributed by atoms with Gasteiger partial charge in [-0.1, -0.05) is 6.42 Å². The van der Waals surface area contributed by atoms with Crippen LogP contribution in [-0.2, 0) is 15.2 Å². The molecule has 1 fully saturated rings. The Morgan fingerprint density at radius 1 is 0.588 bits per heavy atom. The average molecular weight is 759 g/mol. The van der Waals surface area contributed by atoms with Crippen molar-refractivity contribution in [1.29, 1.82) is 0 Å². The lowest BCUT2D eigenvalue weighted by Crippen LogP contribution is -2.37. The van der Waals surface area contributed by atoms with Crippen LogP contribution < -0.4 is 4.74 Å². The van der Waals surface area contributed by atoms with Crippen LogP contribution in [0.1, 0.15) is 79.3 Å². The third kappa shape index (κ3) is 4.35. The molecule has 6 aromatic rings. The van der Waals surface area contributed by atoms with Gasteiger partial charge in [0.15, 0.2) is 5.75 Å². The van der Waals surface area contributed by atoms with E-state index in [2.05, 4.69) is 0 Å². The fourth-order valence-electron chi connectivity index (χ4n) is 7.79. The van der Waals surface area contributed by atoms with Gasteiger partial charge in [-0.2, -0.15) is 0 Å². The Morgan fingerprint density at radius 2 is 1.10 bits per heavy atom. The molecule has 1 spiro atoms. The summed E-state index contributed by atoms with van der Waals surface area (Å²) in [5, 5.41) is 0. The molecule has 1 saturated carbocycles. The highest BCUT2D eigenvalue weighted by Gasteiger charge is 2.47. The van der Waals surface area contributed by atoms with Crippen molar-refractivity contribution < 1.29 is 41.5 Å². The molecule has 5 heterocycles. The highest BCUT2D eigenvalue weighted by atomic mass is 32.1. The number of ether oxygens (including phenoxy) is 1. The maximum absolute atomic E-state index is 14.5. The molecule has 5 nitrogen and oxygen atoms in total. The number of fused-ring (bicyclic) bond motifs is 10. The molecule has 0 saturated heterocycles. The molecule has 1 aliphatic heterocycles. The minimum absolute atomic E-state index is 0.0335. The third-order valence-corrected chi connectivity index (χ3v) is 14.8. The van der Waals surface area contributed by atoms with E-state index in [0.717, 1.165) is 84.1 Å². The van der Waals surface area contributed by atoms with Crippen molar-refractivity contribution in [3.63, 3.8) is 0 Å². The van der Waals surface area contributed by atoms with E-state index in [1.54, 1.807) is 17.4 Å². The molecule has 0 radical (unpaired) electrons. The number of thiophene rings is 4. The molecule has 0 bridgehead atoms. The summed E-state index contributed by atoms with van der Waals surface area (Å²) in [7, 11) is 0. The standard InChI is InChI=1S/C38H18F4O5S4/c39-14-6-18-20(29(43)31(45)26(18)22(41)8-14)10-16-12-24-34(48-16)28-36(50-24)37-33(47-38(28)4-2-1-3-5-38)35-25(51-37)13-17(49-35)11-21-19-7-15(40)9-23(42)27(19)32(46)30(21)44/h6-13H,1-5H2/b20-10-,21-11-. The molecular weight excluding hydrogens is 741 g/mol. The van der Waals surface area contributed by atoms with Crippen molar-refractivity contribution in [1.82, 2.24) is 0 Å². The van der Waals surface area contributed by atoms with Gasteiger partial charge in [0, 0.05) is 54.4 Å². The summed E-state index contributed by atoms with van der Waals surface area (Å²) in [6.45, 7) is 0. The van der Waals surface area contributed by atoms with E-state index in [9.17, 15) is 36.7 Å². The SMILES string of the molecule is O=C1C(=O)c2c(F)cc(F)cc2/C1=C/c1cc2sc3c(c2s1)OC1(CCCCC1)c1c-3sc2cc(/C=C3\C(=O)C(=O)c4c(F)cc(F)cc43)sc12. The number of hydrogen-bond acceptors (Lipinski definition) is 9. The van der Waals surface area contributed by atoms with Crippen molar-refractivity contribution in [2.75, 3.05) is 0 Å². The lowest BCUT2D eigenvalue weighted by atomic mass is 9.78. The molecule has 4 aromatic heterocycles. The molecule has 51 heavy (non-hydrogen) atoms. The molecule has 0 amide bonds. The fraction of sp³-hybridized carbons (Fsp3) is 0.158. The number of ketones is 4. The summed E-state index contributed by atoms with van der Waals surface area (Å²) in [4.78, 5) is 54.3.